The van der Waals surface area contributed by atoms with Crippen LogP contribution in [0.1, 0.15) is 24.8 Å². The zero-order chi connectivity index (χ0) is 19.5. The Morgan fingerprint density at radius 3 is 2.11 bits per heavy atom. The normalized spacial score (nSPS) is 20.1. The lowest BCUT2D eigenvalue weighted by molar-refractivity contribution is -0.141. The van der Waals surface area contributed by atoms with Crippen LogP contribution in [0.2, 0.25) is 0 Å². The SMILES string of the molecule is O=C1NC(c2ccccc2)=C(Sc2ccccc2)CC(N2C(=O)CCC2=O)N1. The van der Waals surface area contributed by atoms with Crippen molar-refractivity contribution < 1.29 is 14.4 Å². The second kappa shape index (κ2) is 7.90. The van der Waals surface area contributed by atoms with E-state index < -0.39 is 12.2 Å². The van der Waals surface area contributed by atoms with E-state index in [1.165, 1.54) is 16.7 Å². The van der Waals surface area contributed by atoms with Gasteiger partial charge in [-0.1, -0.05) is 60.3 Å². The fraction of sp³-hybridized carbons (Fsp3) is 0.190. The summed E-state index contributed by atoms with van der Waals surface area (Å²) >= 11 is 1.52. The Morgan fingerprint density at radius 1 is 0.857 bits per heavy atom. The van der Waals surface area contributed by atoms with Gasteiger partial charge in [-0.3, -0.25) is 14.5 Å². The van der Waals surface area contributed by atoms with Crippen molar-refractivity contribution in [1.29, 1.82) is 0 Å². The highest BCUT2D eigenvalue weighted by atomic mass is 32.2. The van der Waals surface area contributed by atoms with Crippen LogP contribution in [0, 0.1) is 0 Å². The summed E-state index contributed by atoms with van der Waals surface area (Å²) in [6.07, 6.45) is 0.0272. The Morgan fingerprint density at radius 2 is 1.46 bits per heavy atom. The molecular weight excluding hydrogens is 374 g/mol. The van der Waals surface area contributed by atoms with Crippen molar-refractivity contribution >= 4 is 35.3 Å². The predicted molar refractivity (Wildman–Crippen MR) is 107 cm³/mol. The standard InChI is InChI=1S/C21H19N3O3S/c25-18-11-12-19(26)24(18)17-13-16(28-15-9-5-2-6-10-15)20(23-21(27)22-17)14-7-3-1-4-8-14/h1-10,17H,11-13H2,(H2,22,23,27). The Kier molecular flexibility index (Phi) is 5.16. The van der Waals surface area contributed by atoms with Crippen LogP contribution in [0.5, 0.6) is 0 Å². The van der Waals surface area contributed by atoms with Gasteiger partial charge in [0.2, 0.25) is 11.8 Å². The minimum Gasteiger partial charge on any atom is -0.317 e. The predicted octanol–water partition coefficient (Wildman–Crippen LogP) is 3.33. The highest BCUT2D eigenvalue weighted by Gasteiger charge is 2.38. The lowest BCUT2D eigenvalue weighted by Crippen LogP contribution is -2.51. The van der Waals surface area contributed by atoms with Gasteiger partial charge < -0.3 is 10.6 Å². The smallest absolute Gasteiger partial charge is 0.317 e. The van der Waals surface area contributed by atoms with E-state index in [1.807, 2.05) is 60.7 Å². The molecule has 2 aliphatic heterocycles. The molecule has 2 aliphatic rings. The average Bonchev–Trinajstić information content (AvgIpc) is 2.95. The largest absolute Gasteiger partial charge is 0.320 e. The van der Waals surface area contributed by atoms with E-state index in [0.717, 1.165) is 15.4 Å². The fourth-order valence-corrected chi connectivity index (χ4v) is 4.45. The molecule has 0 bridgehead atoms. The molecule has 2 aromatic rings. The molecule has 0 radical (unpaired) electrons. The maximum absolute atomic E-state index is 12.5. The molecule has 2 N–H and O–H groups in total. The number of rotatable bonds is 4. The summed E-state index contributed by atoms with van der Waals surface area (Å²) < 4.78 is 0. The topological polar surface area (TPSA) is 78.5 Å². The molecule has 1 fully saturated rings. The molecule has 1 saturated heterocycles. The summed E-state index contributed by atoms with van der Waals surface area (Å²) in [5.74, 6) is -0.495. The molecular formula is C21H19N3O3S. The molecule has 0 spiro atoms. The molecule has 1 unspecified atom stereocenters. The highest BCUT2D eigenvalue weighted by molar-refractivity contribution is 8.03. The summed E-state index contributed by atoms with van der Waals surface area (Å²) in [7, 11) is 0. The number of hydrogen-bond acceptors (Lipinski definition) is 4. The third-order valence-corrected chi connectivity index (χ3v) is 5.77. The van der Waals surface area contributed by atoms with Crippen molar-refractivity contribution in [3.8, 4) is 0 Å². The average molecular weight is 393 g/mol. The monoisotopic (exact) mass is 393 g/mol. The number of hydrogen-bond donors (Lipinski definition) is 2. The maximum atomic E-state index is 12.5. The van der Waals surface area contributed by atoms with Crippen molar-refractivity contribution in [3.63, 3.8) is 0 Å². The van der Waals surface area contributed by atoms with Crippen LogP contribution < -0.4 is 10.6 Å². The molecule has 1 atom stereocenters. The van der Waals surface area contributed by atoms with Crippen LogP contribution in [0.25, 0.3) is 5.70 Å². The van der Waals surface area contributed by atoms with E-state index in [2.05, 4.69) is 10.6 Å². The third-order valence-electron chi connectivity index (χ3n) is 4.64. The van der Waals surface area contributed by atoms with Gasteiger partial charge in [0.15, 0.2) is 0 Å². The summed E-state index contributed by atoms with van der Waals surface area (Å²) in [6, 6.07) is 19.0. The third kappa shape index (κ3) is 3.80. The van der Waals surface area contributed by atoms with E-state index in [0.29, 0.717) is 12.1 Å². The quantitative estimate of drug-likeness (QED) is 0.781. The van der Waals surface area contributed by atoms with Gasteiger partial charge in [-0.2, -0.15) is 0 Å². The molecule has 0 saturated carbocycles. The molecule has 0 aromatic heterocycles. The van der Waals surface area contributed by atoms with Crippen molar-refractivity contribution in [1.82, 2.24) is 15.5 Å². The van der Waals surface area contributed by atoms with Gasteiger partial charge in [0.05, 0.1) is 5.70 Å². The lowest BCUT2D eigenvalue weighted by atomic mass is 10.1. The zero-order valence-corrected chi connectivity index (χ0v) is 15.9. The van der Waals surface area contributed by atoms with E-state index in [9.17, 15) is 14.4 Å². The number of imide groups is 1. The number of nitrogens with one attached hydrogen (secondary N) is 2. The van der Waals surface area contributed by atoms with Crippen LogP contribution >= 0.6 is 11.8 Å². The van der Waals surface area contributed by atoms with E-state index >= 15 is 0 Å². The van der Waals surface area contributed by atoms with Gasteiger partial charge in [-0.05, 0) is 17.7 Å². The molecule has 7 heteroatoms. The van der Waals surface area contributed by atoms with E-state index in [4.69, 9.17) is 0 Å². The van der Waals surface area contributed by atoms with Crippen LogP contribution in [0.3, 0.4) is 0 Å². The summed E-state index contributed by atoms with van der Waals surface area (Å²) in [5.41, 5.74) is 1.56. The number of carbonyl (C=O) groups is 3. The minimum absolute atomic E-state index is 0.190. The molecule has 4 amide bonds. The first-order valence-electron chi connectivity index (χ1n) is 9.05. The zero-order valence-electron chi connectivity index (χ0n) is 15.1. The maximum Gasteiger partial charge on any atom is 0.320 e. The van der Waals surface area contributed by atoms with Crippen molar-refractivity contribution in [3.05, 3.63) is 71.1 Å². The molecule has 0 aliphatic carbocycles. The van der Waals surface area contributed by atoms with Gasteiger partial charge in [-0.15, -0.1) is 0 Å². The molecule has 4 rings (SSSR count). The van der Waals surface area contributed by atoms with Gasteiger partial charge in [0.25, 0.3) is 0 Å². The van der Waals surface area contributed by atoms with Gasteiger partial charge in [-0.25, -0.2) is 4.79 Å². The Balaban J connectivity index is 1.75. The molecule has 2 aromatic carbocycles. The Hall–Kier alpha value is -3.06. The van der Waals surface area contributed by atoms with Crippen molar-refractivity contribution in [2.45, 2.75) is 30.3 Å². The first-order valence-corrected chi connectivity index (χ1v) is 9.87. The number of carbonyl (C=O) groups excluding carboxylic acids is 3. The van der Waals surface area contributed by atoms with Crippen LogP contribution in [-0.4, -0.2) is 28.9 Å². The Bertz CT molecular complexity index is 928. The van der Waals surface area contributed by atoms with Crippen LogP contribution in [0.15, 0.2) is 70.5 Å². The van der Waals surface area contributed by atoms with E-state index in [1.54, 1.807) is 0 Å². The molecule has 28 heavy (non-hydrogen) atoms. The number of thioether (sulfide) groups is 1. The minimum atomic E-state index is -0.699. The molecule has 6 nitrogen and oxygen atoms in total. The van der Waals surface area contributed by atoms with Crippen molar-refractivity contribution in [2.24, 2.45) is 0 Å². The van der Waals surface area contributed by atoms with Gasteiger partial charge in [0, 0.05) is 29.1 Å². The van der Waals surface area contributed by atoms with Crippen molar-refractivity contribution in [2.75, 3.05) is 0 Å². The number of amides is 4. The first-order chi connectivity index (χ1) is 13.6. The molecule has 142 valence electrons. The Labute approximate surface area is 167 Å². The van der Waals surface area contributed by atoms with Gasteiger partial charge in [0.1, 0.15) is 6.17 Å². The number of likely N-dealkylation sites (tertiary alicyclic amines) is 1. The second-order valence-electron chi connectivity index (χ2n) is 6.56. The van der Waals surface area contributed by atoms with Crippen LogP contribution in [0.4, 0.5) is 4.79 Å². The first kappa shape index (κ1) is 18.3. The summed E-state index contributed by atoms with van der Waals surface area (Å²) in [6.45, 7) is 0. The lowest BCUT2D eigenvalue weighted by Gasteiger charge is -2.25. The number of benzene rings is 2. The summed E-state index contributed by atoms with van der Waals surface area (Å²) in [4.78, 5) is 40.1. The van der Waals surface area contributed by atoms with Gasteiger partial charge >= 0.3 is 6.03 Å². The second-order valence-corrected chi connectivity index (χ2v) is 7.72. The fourth-order valence-electron chi connectivity index (χ4n) is 3.36. The number of nitrogens with zero attached hydrogens (tertiary/aromatic N) is 1. The van der Waals surface area contributed by atoms with Crippen LogP contribution in [-0.2, 0) is 9.59 Å². The number of urea groups is 1. The molecule has 2 heterocycles. The highest BCUT2D eigenvalue weighted by Crippen LogP contribution is 2.37. The summed E-state index contributed by atoms with van der Waals surface area (Å²) in [5, 5.41) is 5.68. The van der Waals surface area contributed by atoms with E-state index in [-0.39, 0.29) is 24.7 Å².